The highest BCUT2D eigenvalue weighted by molar-refractivity contribution is 5.95. The molecule has 1 saturated heterocycles. The Bertz CT molecular complexity index is 701. The number of amides is 2. The van der Waals surface area contributed by atoms with E-state index in [1.54, 1.807) is 24.3 Å². The summed E-state index contributed by atoms with van der Waals surface area (Å²) in [6, 6.07) is 16.1. The molecule has 0 spiro atoms. The van der Waals surface area contributed by atoms with Gasteiger partial charge in [0, 0.05) is 18.8 Å². The van der Waals surface area contributed by atoms with Gasteiger partial charge in [0.2, 0.25) is 11.8 Å². The number of nitrogens with one attached hydrogen (secondary N) is 3. The molecule has 2 amide bonds. The number of piperazine rings is 1. The number of hydrogen-bond acceptors (Lipinski definition) is 4. The van der Waals surface area contributed by atoms with Crippen LogP contribution in [0.4, 0.5) is 5.69 Å². The summed E-state index contributed by atoms with van der Waals surface area (Å²) in [4.78, 5) is 23.7. The van der Waals surface area contributed by atoms with Crippen LogP contribution in [-0.2, 0) is 9.59 Å². The molecule has 124 valence electrons. The Kier molecular flexibility index (Phi) is 5.08. The molecule has 0 radical (unpaired) electrons. The smallest absolute Gasteiger partial charge is 0.237 e. The number of anilines is 1. The highest BCUT2D eigenvalue weighted by Gasteiger charge is 2.23. The van der Waals surface area contributed by atoms with E-state index in [2.05, 4.69) is 16.0 Å². The number of carbonyl (C=O) groups excluding carboxylic acids is 2. The average Bonchev–Trinajstić information content (AvgIpc) is 2.60. The van der Waals surface area contributed by atoms with Crippen LogP contribution in [0.5, 0.6) is 11.5 Å². The molecule has 0 aliphatic carbocycles. The van der Waals surface area contributed by atoms with Crippen LogP contribution in [0.25, 0.3) is 0 Å². The van der Waals surface area contributed by atoms with Crippen molar-refractivity contribution < 1.29 is 14.3 Å². The number of ether oxygens (including phenoxy) is 1. The summed E-state index contributed by atoms with van der Waals surface area (Å²) in [5.74, 6) is 1.10. The molecule has 3 rings (SSSR count). The van der Waals surface area contributed by atoms with E-state index in [0.717, 1.165) is 5.75 Å². The average molecular weight is 325 g/mol. The molecule has 2 aromatic carbocycles. The molecule has 1 aliphatic heterocycles. The van der Waals surface area contributed by atoms with Gasteiger partial charge in [0.25, 0.3) is 0 Å². The van der Waals surface area contributed by atoms with E-state index in [4.69, 9.17) is 4.74 Å². The highest BCUT2D eigenvalue weighted by atomic mass is 16.5. The summed E-state index contributed by atoms with van der Waals surface area (Å²) in [5, 5.41) is 8.55. The van der Waals surface area contributed by atoms with Crippen LogP contribution in [0.2, 0.25) is 0 Å². The molecule has 6 heteroatoms. The number of rotatable bonds is 5. The van der Waals surface area contributed by atoms with Gasteiger partial charge in [-0.2, -0.15) is 0 Å². The molecule has 6 nitrogen and oxygen atoms in total. The minimum Gasteiger partial charge on any atom is -0.457 e. The van der Waals surface area contributed by atoms with Gasteiger partial charge in [0.05, 0.1) is 12.5 Å². The molecular formula is C18H19N3O3. The normalized spacial score (nSPS) is 17.0. The summed E-state index contributed by atoms with van der Waals surface area (Å²) < 4.78 is 5.70. The number of carbonyl (C=O) groups is 2. The van der Waals surface area contributed by atoms with E-state index < -0.39 is 6.04 Å². The van der Waals surface area contributed by atoms with Crippen LogP contribution >= 0.6 is 0 Å². The number of para-hydroxylation sites is 1. The first kappa shape index (κ1) is 16.0. The molecule has 2 aromatic rings. The first-order valence-corrected chi connectivity index (χ1v) is 7.84. The van der Waals surface area contributed by atoms with Gasteiger partial charge in [0.1, 0.15) is 11.5 Å². The molecular weight excluding hydrogens is 306 g/mol. The quantitative estimate of drug-likeness (QED) is 0.784. The zero-order chi connectivity index (χ0) is 16.8. The van der Waals surface area contributed by atoms with E-state index in [0.29, 0.717) is 24.5 Å². The van der Waals surface area contributed by atoms with E-state index in [-0.39, 0.29) is 18.2 Å². The van der Waals surface area contributed by atoms with Crippen molar-refractivity contribution in [3.05, 3.63) is 54.6 Å². The van der Waals surface area contributed by atoms with Gasteiger partial charge >= 0.3 is 0 Å². The van der Waals surface area contributed by atoms with Gasteiger partial charge in [-0.1, -0.05) is 18.2 Å². The van der Waals surface area contributed by atoms with Crippen LogP contribution in [0.1, 0.15) is 6.42 Å². The molecule has 1 heterocycles. The lowest BCUT2D eigenvalue weighted by Gasteiger charge is -2.22. The fourth-order valence-corrected chi connectivity index (χ4v) is 2.44. The van der Waals surface area contributed by atoms with Crippen molar-refractivity contribution in [1.82, 2.24) is 10.6 Å². The van der Waals surface area contributed by atoms with Gasteiger partial charge in [-0.3, -0.25) is 9.59 Å². The second kappa shape index (κ2) is 7.61. The van der Waals surface area contributed by atoms with Crippen molar-refractivity contribution in [2.45, 2.75) is 12.5 Å². The second-order valence-electron chi connectivity index (χ2n) is 5.49. The molecule has 1 aliphatic rings. The fraction of sp³-hybridized carbons (Fsp3) is 0.222. The zero-order valence-electron chi connectivity index (χ0n) is 13.1. The maximum absolute atomic E-state index is 12.0. The Labute approximate surface area is 140 Å². The van der Waals surface area contributed by atoms with Crippen molar-refractivity contribution >= 4 is 17.5 Å². The molecule has 24 heavy (non-hydrogen) atoms. The first-order chi connectivity index (χ1) is 11.7. The minimum atomic E-state index is -0.473. The van der Waals surface area contributed by atoms with Crippen molar-refractivity contribution in [1.29, 1.82) is 0 Å². The maximum Gasteiger partial charge on any atom is 0.237 e. The highest BCUT2D eigenvalue weighted by Crippen LogP contribution is 2.22. The van der Waals surface area contributed by atoms with Crippen molar-refractivity contribution in [2.75, 3.05) is 18.4 Å². The van der Waals surface area contributed by atoms with E-state index in [1.165, 1.54) is 0 Å². The van der Waals surface area contributed by atoms with Crippen LogP contribution < -0.4 is 20.7 Å². The Morgan fingerprint density at radius 2 is 1.75 bits per heavy atom. The largest absolute Gasteiger partial charge is 0.457 e. The van der Waals surface area contributed by atoms with Crippen molar-refractivity contribution in [2.24, 2.45) is 0 Å². The van der Waals surface area contributed by atoms with Gasteiger partial charge in [0.15, 0.2) is 0 Å². The summed E-state index contributed by atoms with van der Waals surface area (Å²) in [7, 11) is 0. The van der Waals surface area contributed by atoms with Crippen molar-refractivity contribution in [3.63, 3.8) is 0 Å². The zero-order valence-corrected chi connectivity index (χ0v) is 13.1. The third kappa shape index (κ3) is 4.33. The lowest BCUT2D eigenvalue weighted by atomic mass is 10.1. The molecule has 0 unspecified atom stereocenters. The van der Waals surface area contributed by atoms with E-state index in [9.17, 15) is 9.59 Å². The predicted octanol–water partition coefficient (Wildman–Crippen LogP) is 1.90. The minimum absolute atomic E-state index is 0.105. The second-order valence-corrected chi connectivity index (χ2v) is 5.49. The molecule has 1 fully saturated rings. The maximum atomic E-state index is 12.0. The molecule has 1 atom stereocenters. The van der Waals surface area contributed by atoms with Gasteiger partial charge < -0.3 is 20.7 Å². The predicted molar refractivity (Wildman–Crippen MR) is 91.0 cm³/mol. The third-order valence-electron chi connectivity index (χ3n) is 3.64. The molecule has 3 N–H and O–H groups in total. The summed E-state index contributed by atoms with van der Waals surface area (Å²) >= 11 is 0. The Morgan fingerprint density at radius 1 is 1.04 bits per heavy atom. The SMILES string of the molecule is O=C(C[C@@H]1NCCNC1=O)Nc1ccc(Oc2ccccc2)cc1. The van der Waals surface area contributed by atoms with Crippen LogP contribution in [0.15, 0.2) is 54.6 Å². The van der Waals surface area contributed by atoms with E-state index >= 15 is 0 Å². The van der Waals surface area contributed by atoms with Gasteiger partial charge in [-0.25, -0.2) is 0 Å². The topological polar surface area (TPSA) is 79.5 Å². The molecule has 0 aromatic heterocycles. The number of hydrogen-bond donors (Lipinski definition) is 3. The Morgan fingerprint density at radius 3 is 2.46 bits per heavy atom. The summed E-state index contributed by atoms with van der Waals surface area (Å²) in [6.45, 7) is 1.27. The standard InChI is InChI=1S/C18H19N3O3/c22-17(12-16-18(23)20-11-10-19-16)21-13-6-8-15(9-7-13)24-14-4-2-1-3-5-14/h1-9,16,19H,10-12H2,(H,20,23)(H,21,22)/t16-/m0/s1. The van der Waals surface area contributed by atoms with Gasteiger partial charge in [-0.05, 0) is 36.4 Å². The van der Waals surface area contributed by atoms with Crippen molar-refractivity contribution in [3.8, 4) is 11.5 Å². The monoisotopic (exact) mass is 325 g/mol. The Hall–Kier alpha value is -2.86. The fourth-order valence-electron chi connectivity index (χ4n) is 2.44. The first-order valence-electron chi connectivity index (χ1n) is 7.84. The van der Waals surface area contributed by atoms with E-state index in [1.807, 2.05) is 30.3 Å². The lowest BCUT2D eigenvalue weighted by Crippen LogP contribution is -2.53. The Balaban J connectivity index is 1.54. The number of benzene rings is 2. The van der Waals surface area contributed by atoms with Crippen LogP contribution in [0.3, 0.4) is 0 Å². The lowest BCUT2D eigenvalue weighted by molar-refractivity contribution is -0.127. The molecule has 0 saturated carbocycles. The summed E-state index contributed by atoms with van der Waals surface area (Å²) in [5.41, 5.74) is 0.664. The summed E-state index contributed by atoms with van der Waals surface area (Å²) in [6.07, 6.45) is 0.105. The third-order valence-corrected chi connectivity index (χ3v) is 3.64. The van der Waals surface area contributed by atoms with Crippen LogP contribution in [0, 0.1) is 0 Å². The van der Waals surface area contributed by atoms with Gasteiger partial charge in [-0.15, -0.1) is 0 Å². The molecule has 0 bridgehead atoms. The van der Waals surface area contributed by atoms with Crippen LogP contribution in [-0.4, -0.2) is 30.9 Å².